The van der Waals surface area contributed by atoms with Crippen LogP contribution in [-0.2, 0) is 0 Å². The number of nitriles is 1. The molecule has 0 heterocycles. The van der Waals surface area contributed by atoms with Crippen molar-refractivity contribution in [3.05, 3.63) is 89.5 Å². The number of nitrogens with zero attached hydrogens (tertiary/aromatic N) is 1. The Kier molecular flexibility index (Phi) is 6.23. The lowest BCUT2D eigenvalue weighted by Crippen LogP contribution is -2.15. The van der Waals surface area contributed by atoms with E-state index in [1.807, 2.05) is 13.0 Å². The number of carbonyl (C=O) groups excluding carboxylic acids is 2. The summed E-state index contributed by atoms with van der Waals surface area (Å²) < 4.78 is 5.38. The minimum Gasteiger partial charge on any atom is -0.494 e. The number of carbonyl (C=O) groups is 2. The van der Waals surface area contributed by atoms with Crippen LogP contribution < -0.4 is 15.4 Å². The van der Waals surface area contributed by atoms with Crippen LogP contribution in [0.4, 0.5) is 11.4 Å². The molecule has 2 N–H and O–H groups in total. The molecule has 3 aromatic rings. The highest BCUT2D eigenvalue weighted by atomic mass is 16.5. The molecule has 0 bridgehead atoms. The van der Waals surface area contributed by atoms with E-state index in [9.17, 15) is 9.59 Å². The van der Waals surface area contributed by atoms with E-state index in [1.165, 1.54) is 6.07 Å². The molecule has 0 aliphatic rings. The monoisotopic (exact) mass is 385 g/mol. The molecule has 0 aliphatic carbocycles. The number of rotatable bonds is 6. The highest BCUT2D eigenvalue weighted by Gasteiger charge is 2.11. The van der Waals surface area contributed by atoms with Crippen molar-refractivity contribution in [2.45, 2.75) is 6.92 Å². The van der Waals surface area contributed by atoms with Crippen LogP contribution in [0.3, 0.4) is 0 Å². The Morgan fingerprint density at radius 2 is 1.48 bits per heavy atom. The predicted molar refractivity (Wildman–Crippen MR) is 111 cm³/mol. The zero-order valence-corrected chi connectivity index (χ0v) is 15.8. The van der Waals surface area contributed by atoms with E-state index in [-0.39, 0.29) is 11.8 Å². The minimum absolute atomic E-state index is 0.324. The SMILES string of the molecule is CCOc1ccc(NC(=O)c2cccc(C(=O)Nc3cccc(C#N)c3)c2)cc1. The van der Waals surface area contributed by atoms with Gasteiger partial charge in [-0.3, -0.25) is 9.59 Å². The van der Waals surface area contributed by atoms with Gasteiger partial charge in [-0.05, 0) is 67.6 Å². The van der Waals surface area contributed by atoms with Crippen molar-refractivity contribution in [2.75, 3.05) is 17.2 Å². The van der Waals surface area contributed by atoms with Crippen LogP contribution in [0, 0.1) is 11.3 Å². The lowest BCUT2D eigenvalue weighted by Gasteiger charge is -2.09. The number of anilines is 2. The van der Waals surface area contributed by atoms with E-state index >= 15 is 0 Å². The Morgan fingerprint density at radius 1 is 0.862 bits per heavy atom. The number of hydrogen-bond donors (Lipinski definition) is 2. The van der Waals surface area contributed by atoms with Gasteiger partial charge in [0.05, 0.1) is 18.2 Å². The van der Waals surface area contributed by atoms with Gasteiger partial charge in [-0.25, -0.2) is 0 Å². The topological polar surface area (TPSA) is 91.2 Å². The molecule has 3 aromatic carbocycles. The highest BCUT2D eigenvalue weighted by Crippen LogP contribution is 2.17. The van der Waals surface area contributed by atoms with Crippen molar-refractivity contribution < 1.29 is 14.3 Å². The first-order chi connectivity index (χ1) is 14.1. The van der Waals surface area contributed by atoms with Crippen LogP contribution in [-0.4, -0.2) is 18.4 Å². The molecule has 0 radical (unpaired) electrons. The molecule has 0 fully saturated rings. The normalized spacial score (nSPS) is 9.93. The molecule has 0 saturated carbocycles. The maximum Gasteiger partial charge on any atom is 0.255 e. The molecule has 0 aromatic heterocycles. The first-order valence-electron chi connectivity index (χ1n) is 9.05. The zero-order chi connectivity index (χ0) is 20.6. The largest absolute Gasteiger partial charge is 0.494 e. The summed E-state index contributed by atoms with van der Waals surface area (Å²) in [6.07, 6.45) is 0. The molecule has 6 heteroatoms. The van der Waals surface area contributed by atoms with Crippen LogP contribution in [0.1, 0.15) is 33.2 Å². The molecule has 0 spiro atoms. The van der Waals surface area contributed by atoms with E-state index in [0.29, 0.717) is 34.7 Å². The maximum absolute atomic E-state index is 12.5. The van der Waals surface area contributed by atoms with Gasteiger partial charge >= 0.3 is 0 Å². The third-order valence-electron chi connectivity index (χ3n) is 4.06. The van der Waals surface area contributed by atoms with Gasteiger partial charge in [0.15, 0.2) is 0 Å². The molecular formula is C23H19N3O3. The highest BCUT2D eigenvalue weighted by molar-refractivity contribution is 6.08. The second-order valence-corrected chi connectivity index (χ2v) is 6.14. The fourth-order valence-electron chi connectivity index (χ4n) is 2.68. The summed E-state index contributed by atoms with van der Waals surface area (Å²) in [4.78, 5) is 25.0. The maximum atomic E-state index is 12.5. The Morgan fingerprint density at radius 3 is 2.10 bits per heavy atom. The van der Waals surface area contributed by atoms with Gasteiger partial charge in [0.1, 0.15) is 5.75 Å². The van der Waals surface area contributed by atoms with Crippen molar-refractivity contribution in [1.29, 1.82) is 5.26 Å². The lowest BCUT2D eigenvalue weighted by molar-refractivity contribution is 0.102. The summed E-state index contributed by atoms with van der Waals surface area (Å²) in [5.41, 5.74) is 2.29. The van der Waals surface area contributed by atoms with Crippen molar-refractivity contribution >= 4 is 23.2 Å². The molecular weight excluding hydrogens is 366 g/mol. The summed E-state index contributed by atoms with van der Waals surface area (Å²) in [5, 5.41) is 14.5. The van der Waals surface area contributed by atoms with Crippen LogP contribution in [0.2, 0.25) is 0 Å². The quantitative estimate of drug-likeness (QED) is 0.655. The van der Waals surface area contributed by atoms with Crippen LogP contribution in [0.15, 0.2) is 72.8 Å². The van der Waals surface area contributed by atoms with Gasteiger partial charge in [0.25, 0.3) is 11.8 Å². The molecule has 0 atom stereocenters. The number of nitrogens with one attached hydrogen (secondary N) is 2. The van der Waals surface area contributed by atoms with Crippen LogP contribution in [0.5, 0.6) is 5.75 Å². The van der Waals surface area contributed by atoms with Gasteiger partial charge in [-0.1, -0.05) is 12.1 Å². The lowest BCUT2D eigenvalue weighted by atomic mass is 10.1. The standard InChI is InChI=1S/C23H19N3O3/c1-2-29-21-11-9-19(10-12-21)25-22(27)17-6-4-7-18(14-17)23(28)26-20-8-3-5-16(13-20)15-24/h3-14H,2H2,1H3,(H,25,27)(H,26,28). The first-order valence-corrected chi connectivity index (χ1v) is 9.05. The number of ether oxygens (including phenoxy) is 1. The summed E-state index contributed by atoms with van der Waals surface area (Å²) in [5.74, 6) is 0.0377. The molecule has 0 saturated heterocycles. The van der Waals surface area contributed by atoms with Gasteiger partial charge < -0.3 is 15.4 Å². The van der Waals surface area contributed by atoms with Crippen LogP contribution in [0.25, 0.3) is 0 Å². The van der Waals surface area contributed by atoms with Crippen molar-refractivity contribution in [2.24, 2.45) is 0 Å². The van der Waals surface area contributed by atoms with Crippen molar-refractivity contribution in [3.8, 4) is 11.8 Å². The average Bonchev–Trinajstić information content (AvgIpc) is 2.75. The average molecular weight is 385 g/mol. The molecule has 144 valence electrons. The predicted octanol–water partition coefficient (Wildman–Crippen LogP) is 4.46. The molecule has 0 unspecified atom stereocenters. The fourth-order valence-corrected chi connectivity index (χ4v) is 2.68. The Labute approximate surface area is 168 Å². The minimum atomic E-state index is -0.365. The third-order valence-corrected chi connectivity index (χ3v) is 4.06. The number of benzene rings is 3. The molecule has 29 heavy (non-hydrogen) atoms. The summed E-state index contributed by atoms with van der Waals surface area (Å²) in [6.45, 7) is 2.47. The van der Waals surface area contributed by atoms with Gasteiger partial charge in [0, 0.05) is 22.5 Å². The zero-order valence-electron chi connectivity index (χ0n) is 15.8. The summed E-state index contributed by atoms with van der Waals surface area (Å²) >= 11 is 0. The molecule has 6 nitrogen and oxygen atoms in total. The Hall–Kier alpha value is -4.11. The van der Waals surface area contributed by atoms with Crippen molar-refractivity contribution in [1.82, 2.24) is 0 Å². The van der Waals surface area contributed by atoms with Gasteiger partial charge in [0.2, 0.25) is 0 Å². The third kappa shape index (κ3) is 5.21. The van der Waals surface area contributed by atoms with E-state index in [2.05, 4.69) is 10.6 Å². The Bertz CT molecular complexity index is 1070. The Balaban J connectivity index is 1.70. The fraction of sp³-hybridized carbons (Fsp3) is 0.0870. The second kappa shape index (κ2) is 9.20. The molecule has 3 rings (SSSR count). The second-order valence-electron chi connectivity index (χ2n) is 6.14. The number of amides is 2. The van der Waals surface area contributed by atoms with E-state index in [4.69, 9.17) is 10.00 Å². The summed E-state index contributed by atoms with van der Waals surface area (Å²) in [7, 11) is 0. The summed E-state index contributed by atoms with van der Waals surface area (Å²) in [6, 6.07) is 22.1. The van der Waals surface area contributed by atoms with E-state index in [0.717, 1.165) is 5.75 Å². The number of hydrogen-bond acceptors (Lipinski definition) is 4. The molecule has 2 amide bonds. The smallest absolute Gasteiger partial charge is 0.255 e. The first kappa shape index (κ1) is 19.6. The van der Waals surface area contributed by atoms with E-state index in [1.54, 1.807) is 66.7 Å². The van der Waals surface area contributed by atoms with Gasteiger partial charge in [-0.2, -0.15) is 5.26 Å². The van der Waals surface area contributed by atoms with Crippen molar-refractivity contribution in [3.63, 3.8) is 0 Å². The van der Waals surface area contributed by atoms with E-state index < -0.39 is 0 Å². The van der Waals surface area contributed by atoms with Crippen LogP contribution >= 0.6 is 0 Å². The van der Waals surface area contributed by atoms with Gasteiger partial charge in [-0.15, -0.1) is 0 Å². The molecule has 0 aliphatic heterocycles.